The van der Waals surface area contributed by atoms with Crippen LogP contribution >= 0.6 is 11.8 Å². The summed E-state index contributed by atoms with van der Waals surface area (Å²) in [6, 6.07) is 13.7. The number of para-hydroxylation sites is 2. The average molecular weight is 499 g/mol. The molecule has 1 aliphatic heterocycles. The number of hydrogen-bond donors (Lipinski definition) is 1. The van der Waals surface area contributed by atoms with Gasteiger partial charge in [-0.2, -0.15) is 0 Å². The van der Waals surface area contributed by atoms with E-state index < -0.39 is 23.7 Å². The van der Waals surface area contributed by atoms with E-state index >= 15 is 0 Å². The third-order valence-corrected chi connectivity index (χ3v) is 5.76. The predicted molar refractivity (Wildman–Crippen MR) is 132 cm³/mol. The monoisotopic (exact) mass is 498 g/mol. The van der Waals surface area contributed by atoms with Gasteiger partial charge in [-0.15, -0.1) is 0 Å². The Balaban J connectivity index is 1.53. The Morgan fingerprint density at radius 3 is 2.54 bits per heavy atom. The topological polar surface area (TPSA) is 111 Å². The molecular formula is C25H26N2O7S. The smallest absolute Gasteiger partial charge is 0.326 e. The Labute approximate surface area is 207 Å². The highest BCUT2D eigenvalue weighted by Crippen LogP contribution is 2.32. The van der Waals surface area contributed by atoms with Crippen molar-refractivity contribution in [3.8, 4) is 11.5 Å². The first-order valence-electron chi connectivity index (χ1n) is 11.0. The van der Waals surface area contributed by atoms with Crippen molar-refractivity contribution in [1.29, 1.82) is 0 Å². The summed E-state index contributed by atoms with van der Waals surface area (Å²) in [7, 11) is 1.52. The number of amides is 3. The molecule has 1 saturated heterocycles. The van der Waals surface area contributed by atoms with Gasteiger partial charge in [-0.05, 0) is 54.1 Å². The van der Waals surface area contributed by atoms with Gasteiger partial charge < -0.3 is 19.5 Å². The molecule has 9 nitrogen and oxygen atoms in total. The Morgan fingerprint density at radius 1 is 1.09 bits per heavy atom. The molecule has 0 saturated carbocycles. The van der Waals surface area contributed by atoms with Crippen molar-refractivity contribution < 1.29 is 33.4 Å². The molecule has 0 atom stereocenters. The Kier molecular flexibility index (Phi) is 9.31. The molecule has 1 heterocycles. The molecule has 0 bridgehead atoms. The van der Waals surface area contributed by atoms with Crippen molar-refractivity contribution in [2.75, 3.05) is 32.2 Å². The molecule has 10 heteroatoms. The molecule has 35 heavy (non-hydrogen) atoms. The number of nitrogens with zero attached hydrogens (tertiary/aromatic N) is 1. The average Bonchev–Trinajstić information content (AvgIpc) is 3.11. The number of hydrogen-bond acceptors (Lipinski definition) is 8. The fourth-order valence-electron chi connectivity index (χ4n) is 3.04. The molecule has 0 unspecified atom stereocenters. The van der Waals surface area contributed by atoms with Gasteiger partial charge in [0.1, 0.15) is 18.0 Å². The van der Waals surface area contributed by atoms with Gasteiger partial charge >= 0.3 is 5.97 Å². The summed E-state index contributed by atoms with van der Waals surface area (Å²) in [4.78, 5) is 49.9. The fourth-order valence-corrected chi connectivity index (χ4v) is 3.87. The highest BCUT2D eigenvalue weighted by molar-refractivity contribution is 8.18. The molecule has 1 aliphatic rings. The molecule has 2 aromatic rings. The third-order valence-electron chi connectivity index (χ3n) is 4.85. The van der Waals surface area contributed by atoms with E-state index in [2.05, 4.69) is 5.32 Å². The van der Waals surface area contributed by atoms with Crippen molar-refractivity contribution in [3.63, 3.8) is 0 Å². The minimum atomic E-state index is -0.613. The van der Waals surface area contributed by atoms with Crippen molar-refractivity contribution >= 4 is 46.5 Å². The number of carbonyl (C=O) groups excluding carboxylic acids is 4. The van der Waals surface area contributed by atoms with Crippen LogP contribution in [-0.4, -0.2) is 54.8 Å². The van der Waals surface area contributed by atoms with Crippen LogP contribution in [0.4, 0.5) is 10.5 Å². The van der Waals surface area contributed by atoms with Crippen molar-refractivity contribution in [1.82, 2.24) is 4.90 Å². The van der Waals surface area contributed by atoms with Gasteiger partial charge in [0.15, 0.2) is 6.61 Å². The molecule has 184 valence electrons. The summed E-state index contributed by atoms with van der Waals surface area (Å²) >= 11 is 0.766. The number of imide groups is 1. The number of unbranched alkanes of at least 4 members (excludes halogenated alkanes) is 1. The van der Waals surface area contributed by atoms with Gasteiger partial charge in [-0.3, -0.25) is 24.1 Å². The highest BCUT2D eigenvalue weighted by atomic mass is 32.2. The molecule has 2 aromatic carbocycles. The minimum Gasteiger partial charge on any atom is -0.495 e. The number of thioether (sulfide) groups is 1. The SMILES string of the molecule is CCCCOC(=O)CN1C(=O)S/C(=C\c2ccc(OCC(=O)Nc3ccccc3OC)cc2)C1=O. The Hall–Kier alpha value is -3.79. The molecule has 3 rings (SSSR count). The molecule has 0 spiro atoms. The predicted octanol–water partition coefficient (Wildman–Crippen LogP) is 4.09. The number of nitrogens with one attached hydrogen (secondary N) is 1. The second kappa shape index (κ2) is 12.6. The molecule has 0 aliphatic carbocycles. The summed E-state index contributed by atoms with van der Waals surface area (Å²) in [5, 5.41) is 2.21. The maximum Gasteiger partial charge on any atom is 0.326 e. The normalized spacial score (nSPS) is 14.2. The summed E-state index contributed by atoms with van der Waals surface area (Å²) < 4.78 is 15.8. The van der Waals surface area contributed by atoms with Gasteiger partial charge in [-0.1, -0.05) is 37.6 Å². The zero-order valence-corrected chi connectivity index (χ0v) is 20.3. The number of ether oxygens (including phenoxy) is 3. The summed E-state index contributed by atoms with van der Waals surface area (Å²) in [5.74, 6) is -0.497. The van der Waals surface area contributed by atoms with Crippen LogP contribution in [0.15, 0.2) is 53.4 Å². The van der Waals surface area contributed by atoms with E-state index in [1.54, 1.807) is 54.6 Å². The molecule has 0 radical (unpaired) electrons. The third kappa shape index (κ3) is 7.35. The van der Waals surface area contributed by atoms with E-state index in [-0.39, 0.29) is 24.0 Å². The molecular weight excluding hydrogens is 472 g/mol. The highest BCUT2D eigenvalue weighted by Gasteiger charge is 2.36. The summed E-state index contributed by atoms with van der Waals surface area (Å²) in [6.07, 6.45) is 3.16. The number of benzene rings is 2. The van der Waals surface area contributed by atoms with Gasteiger partial charge in [0.05, 0.1) is 24.3 Å². The largest absolute Gasteiger partial charge is 0.495 e. The van der Waals surface area contributed by atoms with Crippen LogP contribution < -0.4 is 14.8 Å². The maximum atomic E-state index is 12.6. The van der Waals surface area contributed by atoms with E-state index in [0.717, 1.165) is 29.5 Å². The van der Waals surface area contributed by atoms with E-state index in [4.69, 9.17) is 14.2 Å². The number of methoxy groups -OCH3 is 1. The second-order valence-corrected chi connectivity index (χ2v) is 8.44. The van der Waals surface area contributed by atoms with Gasteiger partial charge in [0.2, 0.25) is 0 Å². The first kappa shape index (κ1) is 25.8. The van der Waals surface area contributed by atoms with Crippen LogP contribution in [-0.2, 0) is 19.1 Å². The zero-order valence-electron chi connectivity index (χ0n) is 19.4. The molecule has 1 fully saturated rings. The van der Waals surface area contributed by atoms with Crippen LogP contribution in [0.5, 0.6) is 11.5 Å². The van der Waals surface area contributed by atoms with Crippen molar-refractivity contribution in [2.45, 2.75) is 19.8 Å². The molecule has 0 aromatic heterocycles. The van der Waals surface area contributed by atoms with E-state index in [0.29, 0.717) is 22.7 Å². The molecule has 1 N–H and O–H groups in total. The minimum absolute atomic E-state index is 0.204. The summed E-state index contributed by atoms with van der Waals surface area (Å²) in [5.41, 5.74) is 1.20. The lowest BCUT2D eigenvalue weighted by Gasteiger charge is -2.11. The second-order valence-electron chi connectivity index (χ2n) is 7.45. The van der Waals surface area contributed by atoms with Crippen LogP contribution in [0.25, 0.3) is 6.08 Å². The Morgan fingerprint density at radius 2 is 1.83 bits per heavy atom. The summed E-state index contributed by atoms with van der Waals surface area (Å²) in [6.45, 7) is 1.62. The first-order chi connectivity index (χ1) is 16.9. The molecule has 3 amide bonds. The van der Waals surface area contributed by atoms with Crippen molar-refractivity contribution in [2.24, 2.45) is 0 Å². The van der Waals surface area contributed by atoms with E-state index in [1.165, 1.54) is 7.11 Å². The Bertz CT molecular complexity index is 1120. The lowest BCUT2D eigenvalue weighted by Crippen LogP contribution is -2.34. The number of carbonyl (C=O) groups is 4. The quantitative estimate of drug-likeness (QED) is 0.280. The van der Waals surface area contributed by atoms with Gasteiger partial charge in [0.25, 0.3) is 17.1 Å². The zero-order chi connectivity index (χ0) is 25.2. The van der Waals surface area contributed by atoms with Gasteiger partial charge in [0, 0.05) is 0 Å². The number of anilines is 1. The van der Waals surface area contributed by atoms with Crippen LogP contribution in [0, 0.1) is 0 Å². The van der Waals surface area contributed by atoms with Crippen molar-refractivity contribution in [3.05, 3.63) is 59.0 Å². The number of esters is 1. The standard InChI is InChI=1S/C25H26N2O7S/c1-3-4-13-33-23(29)15-27-24(30)21(35-25(27)31)14-17-9-11-18(12-10-17)34-16-22(28)26-19-7-5-6-8-20(19)32-2/h5-12,14H,3-4,13,15-16H2,1-2H3,(H,26,28)/b21-14-. The van der Waals surface area contributed by atoms with E-state index in [1.807, 2.05) is 6.92 Å². The van der Waals surface area contributed by atoms with Crippen LogP contribution in [0.2, 0.25) is 0 Å². The van der Waals surface area contributed by atoms with Crippen LogP contribution in [0.1, 0.15) is 25.3 Å². The lowest BCUT2D eigenvalue weighted by molar-refractivity contribution is -0.146. The van der Waals surface area contributed by atoms with Crippen LogP contribution in [0.3, 0.4) is 0 Å². The lowest BCUT2D eigenvalue weighted by atomic mass is 10.2. The van der Waals surface area contributed by atoms with Gasteiger partial charge in [-0.25, -0.2) is 0 Å². The number of rotatable bonds is 11. The fraction of sp³-hybridized carbons (Fsp3) is 0.280. The maximum absolute atomic E-state index is 12.6. The first-order valence-corrected chi connectivity index (χ1v) is 11.8. The van der Waals surface area contributed by atoms with E-state index in [9.17, 15) is 19.2 Å².